The molecule has 0 atom stereocenters. The second-order valence-electron chi connectivity index (χ2n) is 5.81. The quantitative estimate of drug-likeness (QED) is 0.388. The summed E-state index contributed by atoms with van der Waals surface area (Å²) in [7, 11) is -4.47. The Labute approximate surface area is 159 Å². The SMILES string of the molecule is O=[N+]([O-])c1ccccc1-c1ccc(S(=O)(=O)NCCCCO)c(C(F)(F)F)c1. The normalized spacial score (nSPS) is 12.1. The van der Waals surface area contributed by atoms with Crippen LogP contribution in [0, 0.1) is 10.1 Å². The first kappa shape index (κ1) is 21.8. The molecule has 0 aliphatic heterocycles. The predicted molar refractivity (Wildman–Crippen MR) is 95.0 cm³/mol. The van der Waals surface area contributed by atoms with Crippen LogP contribution < -0.4 is 4.72 Å². The first-order valence-electron chi connectivity index (χ1n) is 8.13. The highest BCUT2D eigenvalue weighted by molar-refractivity contribution is 7.89. The van der Waals surface area contributed by atoms with Crippen LogP contribution in [0.25, 0.3) is 11.1 Å². The summed E-state index contributed by atoms with van der Waals surface area (Å²) < 4.78 is 67.2. The van der Waals surface area contributed by atoms with E-state index in [1.54, 1.807) is 0 Å². The molecule has 0 heterocycles. The van der Waals surface area contributed by atoms with Gasteiger partial charge in [-0.2, -0.15) is 13.2 Å². The molecule has 0 aliphatic carbocycles. The highest BCUT2D eigenvalue weighted by atomic mass is 32.2. The molecule has 0 saturated heterocycles. The number of nitro groups is 1. The van der Waals surface area contributed by atoms with Gasteiger partial charge in [-0.3, -0.25) is 10.1 Å². The summed E-state index contributed by atoms with van der Waals surface area (Å²) in [4.78, 5) is 9.44. The predicted octanol–water partition coefficient (Wildman–Crippen LogP) is 3.33. The van der Waals surface area contributed by atoms with E-state index < -0.39 is 37.3 Å². The zero-order valence-electron chi connectivity index (χ0n) is 14.4. The Morgan fingerprint density at radius 2 is 1.79 bits per heavy atom. The van der Waals surface area contributed by atoms with Crippen LogP contribution in [0.5, 0.6) is 0 Å². The van der Waals surface area contributed by atoms with Crippen molar-refractivity contribution in [2.24, 2.45) is 0 Å². The Balaban J connectivity index is 2.53. The van der Waals surface area contributed by atoms with Crippen LogP contribution >= 0.6 is 0 Å². The maximum Gasteiger partial charge on any atom is 0.417 e. The number of nitrogens with zero attached hydrogens (tertiary/aromatic N) is 1. The average molecular weight is 418 g/mol. The number of halogens is 3. The van der Waals surface area contributed by atoms with E-state index in [1.807, 2.05) is 0 Å². The van der Waals surface area contributed by atoms with Gasteiger partial charge in [-0.05, 0) is 36.6 Å². The van der Waals surface area contributed by atoms with Crippen LogP contribution in [0.2, 0.25) is 0 Å². The number of sulfonamides is 1. The summed E-state index contributed by atoms with van der Waals surface area (Å²) in [6.45, 7) is -0.299. The van der Waals surface area contributed by atoms with E-state index >= 15 is 0 Å². The van der Waals surface area contributed by atoms with Gasteiger partial charge in [0.25, 0.3) is 5.69 Å². The van der Waals surface area contributed by atoms with E-state index in [0.29, 0.717) is 12.5 Å². The first-order chi connectivity index (χ1) is 13.1. The smallest absolute Gasteiger partial charge is 0.396 e. The molecule has 2 aromatic carbocycles. The monoisotopic (exact) mass is 418 g/mol. The Hall–Kier alpha value is -2.50. The number of rotatable bonds is 8. The molecule has 0 aliphatic rings. The molecule has 0 spiro atoms. The van der Waals surface area contributed by atoms with Crippen LogP contribution in [0.1, 0.15) is 18.4 Å². The largest absolute Gasteiger partial charge is 0.417 e. The Morgan fingerprint density at radius 1 is 1.11 bits per heavy atom. The van der Waals surface area contributed by atoms with Crippen LogP contribution in [0.3, 0.4) is 0 Å². The molecule has 0 radical (unpaired) electrons. The summed E-state index contributed by atoms with van der Waals surface area (Å²) in [5.41, 5.74) is -2.00. The standard InChI is InChI=1S/C17H17F3N2O5S/c18-17(19,20)14-11-12(13-5-1-2-6-15(13)22(24)25)7-8-16(14)28(26,27)21-9-3-4-10-23/h1-2,5-8,11,21,23H,3-4,9-10H2. The molecule has 11 heteroatoms. The van der Waals surface area contributed by atoms with E-state index in [4.69, 9.17) is 5.11 Å². The van der Waals surface area contributed by atoms with Crippen molar-refractivity contribution in [1.82, 2.24) is 4.72 Å². The molecule has 2 aromatic rings. The van der Waals surface area contributed by atoms with Gasteiger partial charge in [-0.25, -0.2) is 13.1 Å². The maximum atomic E-state index is 13.5. The van der Waals surface area contributed by atoms with Gasteiger partial charge in [0.15, 0.2) is 0 Å². The molecule has 152 valence electrons. The molecular formula is C17H17F3N2O5S. The summed E-state index contributed by atoms with van der Waals surface area (Å²) in [5.74, 6) is 0. The minimum atomic E-state index is -4.99. The number of hydrogen-bond acceptors (Lipinski definition) is 5. The zero-order valence-corrected chi connectivity index (χ0v) is 15.3. The number of nitro benzene ring substituents is 1. The van der Waals surface area contributed by atoms with Crippen molar-refractivity contribution >= 4 is 15.7 Å². The fourth-order valence-electron chi connectivity index (χ4n) is 2.55. The fraction of sp³-hybridized carbons (Fsp3) is 0.294. The number of alkyl halides is 3. The number of nitrogens with one attached hydrogen (secondary N) is 1. The molecule has 28 heavy (non-hydrogen) atoms. The Morgan fingerprint density at radius 3 is 2.39 bits per heavy atom. The van der Waals surface area contributed by atoms with E-state index in [9.17, 15) is 31.7 Å². The molecule has 0 saturated carbocycles. The summed E-state index contributed by atoms with van der Waals surface area (Å²) in [6.07, 6.45) is -4.44. The van der Waals surface area contributed by atoms with Gasteiger partial charge < -0.3 is 5.11 Å². The summed E-state index contributed by atoms with van der Waals surface area (Å²) >= 11 is 0. The molecule has 0 unspecified atom stereocenters. The van der Waals surface area contributed by atoms with Crippen molar-refractivity contribution < 1.29 is 31.6 Å². The van der Waals surface area contributed by atoms with Gasteiger partial charge in [0.05, 0.1) is 20.9 Å². The number of para-hydroxylation sites is 1. The van der Waals surface area contributed by atoms with Gasteiger partial charge >= 0.3 is 6.18 Å². The van der Waals surface area contributed by atoms with E-state index in [0.717, 1.165) is 18.2 Å². The number of hydrogen-bond donors (Lipinski definition) is 2. The van der Waals surface area contributed by atoms with Crippen LogP contribution in [0.4, 0.5) is 18.9 Å². The lowest BCUT2D eigenvalue weighted by Crippen LogP contribution is -2.27. The van der Waals surface area contributed by atoms with Gasteiger partial charge in [-0.1, -0.05) is 18.2 Å². The third kappa shape index (κ3) is 5.06. The van der Waals surface area contributed by atoms with Crippen molar-refractivity contribution in [3.05, 3.63) is 58.1 Å². The number of aliphatic hydroxyl groups excluding tert-OH is 1. The fourth-order valence-corrected chi connectivity index (χ4v) is 3.83. The highest BCUT2D eigenvalue weighted by Gasteiger charge is 2.37. The number of aliphatic hydroxyl groups is 1. The molecule has 7 nitrogen and oxygen atoms in total. The van der Waals surface area contributed by atoms with Crippen molar-refractivity contribution in [2.45, 2.75) is 23.9 Å². The second kappa shape index (κ2) is 8.67. The lowest BCUT2D eigenvalue weighted by atomic mass is 10.0. The third-order valence-electron chi connectivity index (χ3n) is 3.86. The van der Waals surface area contributed by atoms with E-state index in [1.165, 1.54) is 18.2 Å². The van der Waals surface area contributed by atoms with E-state index in [2.05, 4.69) is 4.72 Å². The minimum Gasteiger partial charge on any atom is -0.396 e. The van der Waals surface area contributed by atoms with Crippen LogP contribution in [-0.2, 0) is 16.2 Å². The molecular weight excluding hydrogens is 401 g/mol. The third-order valence-corrected chi connectivity index (χ3v) is 5.38. The molecule has 2 rings (SSSR count). The maximum absolute atomic E-state index is 13.5. The number of benzene rings is 2. The van der Waals surface area contributed by atoms with Gasteiger partial charge in [0.2, 0.25) is 10.0 Å². The van der Waals surface area contributed by atoms with Crippen molar-refractivity contribution in [3.8, 4) is 11.1 Å². The minimum absolute atomic E-state index is 0.0575. The molecule has 0 bridgehead atoms. The number of unbranched alkanes of at least 4 members (excludes halogenated alkanes) is 1. The average Bonchev–Trinajstić information content (AvgIpc) is 2.64. The topological polar surface area (TPSA) is 110 Å². The van der Waals surface area contributed by atoms with Crippen molar-refractivity contribution in [3.63, 3.8) is 0 Å². The van der Waals surface area contributed by atoms with Crippen molar-refractivity contribution in [2.75, 3.05) is 13.2 Å². The summed E-state index contributed by atoms with van der Waals surface area (Å²) in [6, 6.07) is 7.71. The Bertz CT molecular complexity index is 962. The van der Waals surface area contributed by atoms with Crippen LogP contribution in [-0.4, -0.2) is 31.6 Å². The second-order valence-corrected chi connectivity index (χ2v) is 7.55. The lowest BCUT2D eigenvalue weighted by Gasteiger charge is -2.15. The van der Waals surface area contributed by atoms with Gasteiger partial charge in [-0.15, -0.1) is 0 Å². The van der Waals surface area contributed by atoms with Gasteiger partial charge in [0, 0.05) is 19.2 Å². The molecule has 2 N–H and O–H groups in total. The lowest BCUT2D eigenvalue weighted by molar-refractivity contribution is -0.384. The highest BCUT2D eigenvalue weighted by Crippen LogP contribution is 2.38. The molecule has 0 aromatic heterocycles. The molecule has 0 amide bonds. The summed E-state index contributed by atoms with van der Waals surface area (Å²) in [5, 5.41) is 19.8. The van der Waals surface area contributed by atoms with Gasteiger partial charge in [0.1, 0.15) is 0 Å². The van der Waals surface area contributed by atoms with Crippen LogP contribution in [0.15, 0.2) is 47.4 Å². The Kier molecular flexibility index (Phi) is 6.75. The van der Waals surface area contributed by atoms with E-state index in [-0.39, 0.29) is 30.7 Å². The molecule has 0 fully saturated rings. The van der Waals surface area contributed by atoms with Crippen molar-refractivity contribution in [1.29, 1.82) is 0 Å². The first-order valence-corrected chi connectivity index (χ1v) is 9.62. The zero-order chi connectivity index (χ0) is 20.9.